The van der Waals surface area contributed by atoms with Crippen LogP contribution in [0.25, 0.3) is 0 Å². The van der Waals surface area contributed by atoms with Crippen LogP contribution in [-0.2, 0) is 0 Å². The number of methoxy groups -OCH3 is 1. The third-order valence-electron chi connectivity index (χ3n) is 4.80. The molecule has 0 saturated heterocycles. The van der Waals surface area contributed by atoms with Crippen LogP contribution in [0.4, 0.5) is 0 Å². The highest BCUT2D eigenvalue weighted by atomic mass is 32.2. The van der Waals surface area contributed by atoms with Gasteiger partial charge >= 0.3 is 0 Å². The average molecular weight is 305 g/mol. The molecule has 0 amide bonds. The summed E-state index contributed by atoms with van der Waals surface area (Å²) in [7, 11) is 1.73. The van der Waals surface area contributed by atoms with Crippen LogP contribution in [0.3, 0.4) is 0 Å². The van der Waals surface area contributed by atoms with Crippen LogP contribution in [0.5, 0.6) is 5.75 Å². The van der Waals surface area contributed by atoms with Crippen molar-refractivity contribution in [1.29, 1.82) is 0 Å². The van der Waals surface area contributed by atoms with E-state index < -0.39 is 0 Å². The lowest BCUT2D eigenvalue weighted by atomic mass is 10.0. The summed E-state index contributed by atoms with van der Waals surface area (Å²) in [5, 5.41) is 4.82. The zero-order valence-corrected chi connectivity index (χ0v) is 14.0. The number of thioether (sulfide) groups is 1. The summed E-state index contributed by atoms with van der Waals surface area (Å²) in [5.74, 6) is 3.03. The SMILES string of the molecule is CCSC1CCCC1NC(c1ccc(OC)cc1)C1CC1. The van der Waals surface area contributed by atoms with Gasteiger partial charge in [-0.05, 0) is 55.1 Å². The Bertz CT molecular complexity index is 443. The van der Waals surface area contributed by atoms with E-state index >= 15 is 0 Å². The van der Waals surface area contributed by atoms with Gasteiger partial charge in [0.2, 0.25) is 0 Å². The number of benzene rings is 1. The van der Waals surface area contributed by atoms with Crippen LogP contribution in [0.1, 0.15) is 50.6 Å². The largest absolute Gasteiger partial charge is 0.497 e. The molecule has 2 saturated carbocycles. The van der Waals surface area contributed by atoms with Crippen molar-refractivity contribution >= 4 is 11.8 Å². The van der Waals surface area contributed by atoms with Crippen LogP contribution < -0.4 is 10.1 Å². The fourth-order valence-electron chi connectivity index (χ4n) is 3.51. The van der Waals surface area contributed by atoms with Crippen LogP contribution in [0.15, 0.2) is 24.3 Å². The molecular formula is C18H27NOS. The average Bonchev–Trinajstić information content (AvgIpc) is 3.27. The van der Waals surface area contributed by atoms with Gasteiger partial charge in [0.05, 0.1) is 7.11 Å². The Labute approximate surface area is 133 Å². The van der Waals surface area contributed by atoms with E-state index in [4.69, 9.17) is 4.74 Å². The van der Waals surface area contributed by atoms with E-state index in [1.807, 2.05) is 0 Å². The second-order valence-electron chi connectivity index (χ2n) is 6.29. The molecule has 2 aliphatic rings. The van der Waals surface area contributed by atoms with Gasteiger partial charge in [0.25, 0.3) is 0 Å². The lowest BCUT2D eigenvalue weighted by Crippen LogP contribution is -2.38. The molecule has 1 N–H and O–H groups in total. The van der Waals surface area contributed by atoms with Crippen molar-refractivity contribution in [3.05, 3.63) is 29.8 Å². The summed E-state index contributed by atoms with van der Waals surface area (Å²) in [6.45, 7) is 2.28. The Hall–Kier alpha value is -0.670. The van der Waals surface area contributed by atoms with Crippen molar-refractivity contribution in [2.45, 2.75) is 56.4 Å². The van der Waals surface area contributed by atoms with Gasteiger partial charge in [-0.3, -0.25) is 0 Å². The predicted octanol–water partition coefficient (Wildman–Crippen LogP) is 4.41. The fourth-order valence-corrected chi connectivity index (χ4v) is 4.71. The van der Waals surface area contributed by atoms with Crippen molar-refractivity contribution in [3.8, 4) is 5.75 Å². The van der Waals surface area contributed by atoms with E-state index in [0.29, 0.717) is 12.1 Å². The molecule has 0 aliphatic heterocycles. The minimum absolute atomic E-state index is 0.541. The molecule has 1 aromatic rings. The summed E-state index contributed by atoms with van der Waals surface area (Å²) < 4.78 is 5.28. The van der Waals surface area contributed by atoms with Gasteiger partial charge < -0.3 is 10.1 Å². The molecule has 0 aromatic heterocycles. The molecule has 1 aromatic carbocycles. The number of rotatable bonds is 7. The van der Waals surface area contributed by atoms with Gasteiger partial charge in [0.1, 0.15) is 5.75 Å². The van der Waals surface area contributed by atoms with Crippen LogP contribution in [-0.4, -0.2) is 24.2 Å². The summed E-state index contributed by atoms with van der Waals surface area (Å²) in [5.41, 5.74) is 1.44. The standard InChI is InChI=1S/C18H27NOS/c1-3-21-17-6-4-5-16(17)19-18(13-7-8-13)14-9-11-15(20-2)12-10-14/h9-13,16-19H,3-8H2,1-2H3. The van der Waals surface area contributed by atoms with Gasteiger partial charge in [0, 0.05) is 17.3 Å². The lowest BCUT2D eigenvalue weighted by molar-refractivity contribution is 0.405. The molecular weight excluding hydrogens is 278 g/mol. The van der Waals surface area contributed by atoms with Crippen LogP contribution >= 0.6 is 11.8 Å². The monoisotopic (exact) mass is 305 g/mol. The number of hydrogen-bond acceptors (Lipinski definition) is 3. The van der Waals surface area contributed by atoms with E-state index in [0.717, 1.165) is 16.9 Å². The molecule has 2 nitrogen and oxygen atoms in total. The first-order chi connectivity index (χ1) is 10.3. The van der Waals surface area contributed by atoms with Gasteiger partial charge in [-0.15, -0.1) is 0 Å². The first-order valence-corrected chi connectivity index (χ1v) is 9.38. The maximum Gasteiger partial charge on any atom is 0.118 e. The third-order valence-corrected chi connectivity index (χ3v) is 6.12. The normalized spacial score (nSPS) is 26.8. The van der Waals surface area contributed by atoms with Crippen molar-refractivity contribution in [2.75, 3.05) is 12.9 Å². The van der Waals surface area contributed by atoms with Crippen molar-refractivity contribution in [3.63, 3.8) is 0 Å². The van der Waals surface area contributed by atoms with E-state index in [9.17, 15) is 0 Å². The van der Waals surface area contributed by atoms with Crippen molar-refractivity contribution in [1.82, 2.24) is 5.32 Å². The molecule has 21 heavy (non-hydrogen) atoms. The number of ether oxygens (including phenoxy) is 1. The Balaban J connectivity index is 1.69. The van der Waals surface area contributed by atoms with Crippen LogP contribution in [0.2, 0.25) is 0 Å². The molecule has 3 heteroatoms. The van der Waals surface area contributed by atoms with Gasteiger partial charge in [-0.1, -0.05) is 25.5 Å². The second kappa shape index (κ2) is 7.06. The number of hydrogen-bond donors (Lipinski definition) is 1. The van der Waals surface area contributed by atoms with E-state index in [1.165, 1.54) is 43.4 Å². The quantitative estimate of drug-likeness (QED) is 0.806. The van der Waals surface area contributed by atoms with E-state index in [-0.39, 0.29) is 0 Å². The summed E-state index contributed by atoms with van der Waals surface area (Å²) in [4.78, 5) is 0. The summed E-state index contributed by atoms with van der Waals surface area (Å²) in [6, 6.07) is 9.91. The molecule has 0 spiro atoms. The minimum atomic E-state index is 0.541. The molecule has 0 heterocycles. The maximum atomic E-state index is 5.28. The van der Waals surface area contributed by atoms with Crippen molar-refractivity contribution < 1.29 is 4.74 Å². The lowest BCUT2D eigenvalue weighted by Gasteiger charge is -2.27. The van der Waals surface area contributed by atoms with Gasteiger partial charge in [0.15, 0.2) is 0 Å². The number of nitrogens with one attached hydrogen (secondary N) is 1. The Morgan fingerprint density at radius 3 is 2.57 bits per heavy atom. The highest BCUT2D eigenvalue weighted by molar-refractivity contribution is 7.99. The predicted molar refractivity (Wildman–Crippen MR) is 91.2 cm³/mol. The topological polar surface area (TPSA) is 21.3 Å². The maximum absolute atomic E-state index is 5.28. The molecule has 2 aliphatic carbocycles. The van der Waals surface area contributed by atoms with Gasteiger partial charge in [-0.2, -0.15) is 11.8 Å². The summed E-state index contributed by atoms with van der Waals surface area (Å²) >= 11 is 2.14. The highest BCUT2D eigenvalue weighted by Gasteiger charge is 2.36. The molecule has 3 atom stereocenters. The van der Waals surface area contributed by atoms with E-state index in [1.54, 1.807) is 7.11 Å². The highest BCUT2D eigenvalue weighted by Crippen LogP contribution is 2.43. The van der Waals surface area contributed by atoms with Gasteiger partial charge in [-0.25, -0.2) is 0 Å². The molecule has 3 rings (SSSR count). The molecule has 2 fully saturated rings. The fraction of sp³-hybridized carbons (Fsp3) is 0.667. The third kappa shape index (κ3) is 3.75. The molecule has 116 valence electrons. The Kier molecular flexibility index (Phi) is 5.12. The Morgan fingerprint density at radius 1 is 1.19 bits per heavy atom. The van der Waals surface area contributed by atoms with E-state index in [2.05, 4.69) is 48.3 Å². The Morgan fingerprint density at radius 2 is 1.95 bits per heavy atom. The van der Waals surface area contributed by atoms with Crippen molar-refractivity contribution in [2.24, 2.45) is 5.92 Å². The minimum Gasteiger partial charge on any atom is -0.497 e. The first kappa shape index (κ1) is 15.2. The smallest absolute Gasteiger partial charge is 0.118 e. The molecule has 3 unspecified atom stereocenters. The van der Waals surface area contributed by atoms with Crippen LogP contribution in [0, 0.1) is 5.92 Å². The molecule has 0 bridgehead atoms. The zero-order chi connectivity index (χ0) is 14.7. The first-order valence-electron chi connectivity index (χ1n) is 8.33. The second-order valence-corrected chi connectivity index (χ2v) is 7.80. The molecule has 0 radical (unpaired) electrons. The zero-order valence-electron chi connectivity index (χ0n) is 13.2. The summed E-state index contributed by atoms with van der Waals surface area (Å²) in [6.07, 6.45) is 6.87.